The molecule has 270 valence electrons. The number of nitrogens with one attached hydrogen (secondary N) is 1. The van der Waals surface area contributed by atoms with Gasteiger partial charge in [0.05, 0.1) is 31.2 Å². The Kier molecular flexibility index (Phi) is 9.40. The van der Waals surface area contributed by atoms with E-state index < -0.39 is 60.2 Å². The zero-order valence-corrected chi connectivity index (χ0v) is 29.1. The second kappa shape index (κ2) is 14.4. The van der Waals surface area contributed by atoms with Gasteiger partial charge < -0.3 is 29.7 Å². The molecule has 4 aliphatic rings. The highest BCUT2D eigenvalue weighted by Gasteiger charge is 2.72. The number of ether oxygens (including phenoxy) is 2. The molecule has 10 nitrogen and oxygen atoms in total. The number of nitrogens with zero attached hydrogens (tertiary/aromatic N) is 2. The molecule has 0 bridgehead atoms. The van der Waals surface area contributed by atoms with Crippen molar-refractivity contribution in [1.29, 1.82) is 0 Å². The lowest BCUT2D eigenvalue weighted by atomic mass is 9.77. The molecule has 4 aromatic carbocycles. The normalized spacial score (nSPS) is 28.5. The number of hydrogen-bond acceptors (Lipinski definition) is 7. The Balaban J connectivity index is 1.23. The number of fused-ring (bicyclic) bond motifs is 3. The van der Waals surface area contributed by atoms with Gasteiger partial charge >= 0.3 is 5.97 Å². The molecule has 0 aromatic heterocycles. The summed E-state index contributed by atoms with van der Waals surface area (Å²) in [5.74, 6) is -3.94. The molecule has 4 aliphatic heterocycles. The molecule has 0 radical (unpaired) electrons. The number of esters is 1. The molecule has 1 spiro atoms. The molecule has 4 aromatic rings. The minimum Gasteiger partial charge on any atom is -0.455 e. The van der Waals surface area contributed by atoms with E-state index in [1.54, 1.807) is 23.1 Å². The second-order valence-corrected chi connectivity index (χ2v) is 14.1. The molecule has 53 heavy (non-hydrogen) atoms. The van der Waals surface area contributed by atoms with E-state index in [-0.39, 0.29) is 37.7 Å². The summed E-state index contributed by atoms with van der Waals surface area (Å²) in [6.45, 7) is -0.158. The largest absolute Gasteiger partial charge is 0.455 e. The van der Waals surface area contributed by atoms with Gasteiger partial charge in [-0.25, -0.2) is 0 Å². The first-order valence-corrected chi connectivity index (χ1v) is 18.2. The Labute approximate surface area is 307 Å². The van der Waals surface area contributed by atoms with Crippen molar-refractivity contribution in [2.75, 3.05) is 24.6 Å². The highest BCUT2D eigenvalue weighted by atomic mass is 16.6. The number of cyclic esters (lactones) is 1. The van der Waals surface area contributed by atoms with Crippen LogP contribution in [0, 0.1) is 11.8 Å². The van der Waals surface area contributed by atoms with Crippen LogP contribution in [0.5, 0.6) is 0 Å². The molecule has 8 rings (SSSR count). The second-order valence-electron chi connectivity index (χ2n) is 14.1. The van der Waals surface area contributed by atoms with Crippen LogP contribution in [-0.4, -0.2) is 77.2 Å². The molecular weight excluding hydrogens is 670 g/mol. The van der Waals surface area contributed by atoms with Gasteiger partial charge in [-0.3, -0.25) is 19.2 Å². The van der Waals surface area contributed by atoms with Crippen LogP contribution in [0.4, 0.5) is 5.69 Å². The van der Waals surface area contributed by atoms with E-state index >= 15 is 9.59 Å². The lowest BCUT2D eigenvalue weighted by Gasteiger charge is -2.38. The van der Waals surface area contributed by atoms with Gasteiger partial charge in [-0.1, -0.05) is 115 Å². The summed E-state index contributed by atoms with van der Waals surface area (Å²) in [6.07, 6.45) is 6.25. The fourth-order valence-electron chi connectivity index (χ4n) is 8.45. The van der Waals surface area contributed by atoms with Crippen LogP contribution in [-0.2, 0) is 35.1 Å². The minimum absolute atomic E-state index is 0.0534. The number of likely N-dealkylation sites (tertiary alicyclic amines) is 1. The summed E-state index contributed by atoms with van der Waals surface area (Å²) in [7, 11) is 0. The van der Waals surface area contributed by atoms with Crippen molar-refractivity contribution in [3.8, 4) is 0 Å². The number of rotatable bonds is 6. The third kappa shape index (κ3) is 6.32. The average Bonchev–Trinajstić information content (AvgIpc) is 3.58. The quantitative estimate of drug-likeness (QED) is 0.220. The highest BCUT2D eigenvalue weighted by molar-refractivity contribution is 6.06. The Bertz CT molecular complexity index is 2090. The van der Waals surface area contributed by atoms with Gasteiger partial charge in [0.15, 0.2) is 0 Å². The maximum Gasteiger partial charge on any atom is 0.313 e. The molecule has 4 heterocycles. The van der Waals surface area contributed by atoms with Gasteiger partial charge in [-0.2, -0.15) is 0 Å². The molecule has 10 heteroatoms. The van der Waals surface area contributed by atoms with E-state index in [1.807, 2.05) is 109 Å². The summed E-state index contributed by atoms with van der Waals surface area (Å²) in [5, 5.41) is 15.8. The van der Waals surface area contributed by atoms with Crippen molar-refractivity contribution in [2.45, 2.75) is 49.2 Å². The van der Waals surface area contributed by atoms with E-state index in [1.165, 1.54) is 4.90 Å². The first kappa shape index (κ1) is 34.5. The number of aliphatic hydroxyl groups excluding tert-OH is 1. The topological polar surface area (TPSA) is 125 Å². The van der Waals surface area contributed by atoms with Crippen LogP contribution in [0.25, 0.3) is 10.8 Å². The van der Waals surface area contributed by atoms with Gasteiger partial charge in [0, 0.05) is 18.7 Å². The van der Waals surface area contributed by atoms with E-state index in [9.17, 15) is 14.7 Å². The van der Waals surface area contributed by atoms with Gasteiger partial charge in [0.25, 0.3) is 5.91 Å². The Morgan fingerprint density at radius 2 is 1.58 bits per heavy atom. The fourth-order valence-corrected chi connectivity index (χ4v) is 8.45. The predicted octanol–water partition coefficient (Wildman–Crippen LogP) is 4.68. The molecule has 2 saturated heterocycles. The van der Waals surface area contributed by atoms with Crippen molar-refractivity contribution in [3.63, 3.8) is 0 Å². The zero-order valence-electron chi connectivity index (χ0n) is 29.1. The highest BCUT2D eigenvalue weighted by Crippen LogP contribution is 2.54. The Hall–Kier alpha value is -5.58. The van der Waals surface area contributed by atoms with Crippen molar-refractivity contribution in [3.05, 3.63) is 139 Å². The van der Waals surface area contributed by atoms with Crippen LogP contribution >= 0.6 is 0 Å². The van der Waals surface area contributed by atoms with Gasteiger partial charge in [-0.05, 0) is 46.9 Å². The van der Waals surface area contributed by atoms with E-state index in [0.29, 0.717) is 17.7 Å². The number of aliphatic hydroxyl groups is 1. The predicted molar refractivity (Wildman–Crippen MR) is 198 cm³/mol. The van der Waals surface area contributed by atoms with Crippen LogP contribution < -0.4 is 10.2 Å². The van der Waals surface area contributed by atoms with Gasteiger partial charge in [0.2, 0.25) is 11.8 Å². The maximum absolute atomic E-state index is 15.2. The summed E-state index contributed by atoms with van der Waals surface area (Å²) < 4.78 is 13.1. The first-order chi connectivity index (χ1) is 25.9. The summed E-state index contributed by atoms with van der Waals surface area (Å²) in [5.41, 5.74) is 0.670. The van der Waals surface area contributed by atoms with Crippen molar-refractivity contribution in [1.82, 2.24) is 10.2 Å². The standard InChI is InChI=1S/C43H41N3O7/c47-27-33(24-28-12-3-1-4-13-28)46-39-41(50)45(32-21-20-29-14-7-8-17-31(29)25-32)23-11-22-43(39)38(40(46)49)37-34(53-43)18-9-10-19-36(48)44-26-35(52-42(37)51)30-15-5-2-6-16-30/h1-9,11-18,20-22,25,33-35,37-39,47H,10,19,23-24,26-27H2,(H,44,48)/b18-9-/t33-,34+,35-,37-,38-,39+,43-/m1/s1. The number of hydrogen-bond donors (Lipinski definition) is 2. The van der Waals surface area contributed by atoms with Crippen LogP contribution in [0.15, 0.2) is 127 Å². The van der Waals surface area contributed by atoms with Gasteiger partial charge in [-0.15, -0.1) is 0 Å². The van der Waals surface area contributed by atoms with Crippen molar-refractivity contribution >= 4 is 40.2 Å². The van der Waals surface area contributed by atoms with E-state index in [2.05, 4.69) is 5.32 Å². The lowest BCUT2D eigenvalue weighted by molar-refractivity contribution is -0.160. The monoisotopic (exact) mass is 711 g/mol. The number of carbonyl (C=O) groups is 4. The summed E-state index contributed by atoms with van der Waals surface area (Å²) in [6, 6.07) is 30.3. The fraction of sp³-hybridized carbons (Fsp3) is 0.302. The third-order valence-electron chi connectivity index (χ3n) is 10.9. The first-order valence-electron chi connectivity index (χ1n) is 18.2. The number of allylic oxidation sites excluding steroid dienone is 1. The molecule has 0 saturated carbocycles. The zero-order chi connectivity index (χ0) is 36.5. The molecule has 2 N–H and O–H groups in total. The summed E-state index contributed by atoms with van der Waals surface area (Å²) >= 11 is 0. The molecular formula is C43H41N3O7. The molecule has 0 aliphatic carbocycles. The third-order valence-corrected chi connectivity index (χ3v) is 10.9. The summed E-state index contributed by atoms with van der Waals surface area (Å²) in [4.78, 5) is 60.7. The Morgan fingerprint density at radius 3 is 2.36 bits per heavy atom. The number of amides is 3. The smallest absolute Gasteiger partial charge is 0.313 e. The number of benzene rings is 4. The molecule has 0 unspecified atom stereocenters. The van der Waals surface area contributed by atoms with Crippen LogP contribution in [0.1, 0.15) is 30.1 Å². The molecule has 7 atom stereocenters. The van der Waals surface area contributed by atoms with Crippen LogP contribution in [0.3, 0.4) is 0 Å². The van der Waals surface area contributed by atoms with E-state index in [4.69, 9.17) is 9.47 Å². The lowest BCUT2D eigenvalue weighted by Crippen LogP contribution is -2.58. The Morgan fingerprint density at radius 1 is 0.849 bits per heavy atom. The number of carbonyl (C=O) groups excluding carboxylic acids is 4. The maximum atomic E-state index is 15.2. The van der Waals surface area contributed by atoms with Gasteiger partial charge in [0.1, 0.15) is 23.7 Å². The molecule has 3 amide bonds. The number of anilines is 1. The average molecular weight is 712 g/mol. The molecule has 2 fully saturated rings. The SMILES string of the molecule is O=C1CC/C=C\[C@@H]2O[C@@]34C=CCN(c5ccc6ccccc6c5)C(=O)[C@@H]3N([C@@H](CO)Cc3ccccc3)C(=O)[C@H]4[C@@H]2C(=O)O[C@@H](c2ccccc2)CN1. The van der Waals surface area contributed by atoms with Crippen LogP contribution in [0.2, 0.25) is 0 Å². The minimum atomic E-state index is -1.56. The van der Waals surface area contributed by atoms with Crippen molar-refractivity contribution in [2.24, 2.45) is 11.8 Å². The van der Waals surface area contributed by atoms with E-state index in [0.717, 1.165) is 16.3 Å². The van der Waals surface area contributed by atoms with Crippen molar-refractivity contribution < 1.29 is 33.8 Å².